The number of hydrogen-bond donors (Lipinski definition) is 1. The lowest BCUT2D eigenvalue weighted by molar-refractivity contribution is 0.0595. The number of pyridine rings is 1. The number of nitrogens with two attached hydrogens (primary N) is 1. The van der Waals surface area contributed by atoms with E-state index in [0.717, 1.165) is 12.0 Å². The molecule has 0 aliphatic rings. The zero-order valence-corrected chi connectivity index (χ0v) is 10.6. The van der Waals surface area contributed by atoms with Crippen molar-refractivity contribution in [3.05, 3.63) is 30.2 Å². The maximum Gasteiger partial charge on any atom is 0.360 e. The Labute approximate surface area is 110 Å². The minimum Gasteiger partial charge on any atom is -0.464 e. The van der Waals surface area contributed by atoms with E-state index in [1.807, 2.05) is 0 Å². The number of carbonyl (C=O) groups excluding carboxylic acids is 1. The van der Waals surface area contributed by atoms with Gasteiger partial charge in [-0.15, -0.1) is 5.10 Å². The standard InChI is InChI=1S/C12H15N5O2/c1-19-12(18)10-11(9-3-6-14-7-4-9)17(16-15-10)8-2-5-13/h3-4,6-7H,2,5,8,13H2,1H3. The van der Waals surface area contributed by atoms with Gasteiger partial charge in [0.05, 0.1) is 7.11 Å². The van der Waals surface area contributed by atoms with E-state index in [0.29, 0.717) is 18.8 Å². The molecule has 0 saturated carbocycles. The van der Waals surface area contributed by atoms with Gasteiger partial charge in [-0.1, -0.05) is 5.21 Å². The average molecular weight is 261 g/mol. The summed E-state index contributed by atoms with van der Waals surface area (Å²) < 4.78 is 6.38. The number of methoxy groups -OCH3 is 1. The smallest absolute Gasteiger partial charge is 0.360 e. The molecule has 7 heteroatoms. The summed E-state index contributed by atoms with van der Waals surface area (Å²) >= 11 is 0. The highest BCUT2D eigenvalue weighted by molar-refractivity contribution is 5.93. The molecule has 0 unspecified atom stereocenters. The number of aryl methyl sites for hydroxylation is 1. The molecule has 2 rings (SSSR count). The number of rotatable bonds is 5. The maximum absolute atomic E-state index is 11.7. The summed E-state index contributed by atoms with van der Waals surface area (Å²) in [4.78, 5) is 15.7. The monoisotopic (exact) mass is 261 g/mol. The molecule has 19 heavy (non-hydrogen) atoms. The lowest BCUT2D eigenvalue weighted by Gasteiger charge is -2.06. The topological polar surface area (TPSA) is 95.9 Å². The molecule has 0 saturated heterocycles. The Bertz CT molecular complexity index is 553. The van der Waals surface area contributed by atoms with Crippen molar-refractivity contribution in [2.24, 2.45) is 5.73 Å². The van der Waals surface area contributed by atoms with Crippen LogP contribution in [0.15, 0.2) is 24.5 Å². The molecule has 0 fully saturated rings. The first-order chi connectivity index (χ1) is 9.27. The second kappa shape index (κ2) is 6.05. The van der Waals surface area contributed by atoms with Crippen molar-refractivity contribution in [2.75, 3.05) is 13.7 Å². The van der Waals surface area contributed by atoms with Gasteiger partial charge in [0.25, 0.3) is 0 Å². The number of carbonyl (C=O) groups is 1. The van der Waals surface area contributed by atoms with Crippen LogP contribution in [0.25, 0.3) is 11.3 Å². The predicted molar refractivity (Wildman–Crippen MR) is 68.3 cm³/mol. The fraction of sp³-hybridized carbons (Fsp3) is 0.333. The Morgan fingerprint density at radius 1 is 1.42 bits per heavy atom. The van der Waals surface area contributed by atoms with Gasteiger partial charge in [-0.05, 0) is 25.1 Å². The van der Waals surface area contributed by atoms with Gasteiger partial charge in [-0.25, -0.2) is 9.48 Å². The molecule has 0 bridgehead atoms. The highest BCUT2D eigenvalue weighted by Crippen LogP contribution is 2.22. The van der Waals surface area contributed by atoms with Crippen molar-refractivity contribution in [3.8, 4) is 11.3 Å². The normalized spacial score (nSPS) is 10.4. The molecular formula is C12H15N5O2. The highest BCUT2D eigenvalue weighted by Gasteiger charge is 2.21. The molecule has 100 valence electrons. The first kappa shape index (κ1) is 13.2. The number of ether oxygens (including phenoxy) is 1. The third kappa shape index (κ3) is 2.76. The van der Waals surface area contributed by atoms with E-state index in [1.54, 1.807) is 29.2 Å². The molecule has 0 amide bonds. The Morgan fingerprint density at radius 2 is 2.16 bits per heavy atom. The Kier molecular flexibility index (Phi) is 4.19. The van der Waals surface area contributed by atoms with E-state index in [2.05, 4.69) is 15.3 Å². The maximum atomic E-state index is 11.7. The van der Waals surface area contributed by atoms with E-state index >= 15 is 0 Å². The molecule has 2 heterocycles. The molecule has 0 spiro atoms. The first-order valence-corrected chi connectivity index (χ1v) is 5.90. The van der Waals surface area contributed by atoms with E-state index in [4.69, 9.17) is 10.5 Å². The molecule has 2 aromatic heterocycles. The summed E-state index contributed by atoms with van der Waals surface area (Å²) in [7, 11) is 1.32. The third-order valence-electron chi connectivity index (χ3n) is 2.64. The van der Waals surface area contributed by atoms with Crippen molar-refractivity contribution < 1.29 is 9.53 Å². The zero-order valence-electron chi connectivity index (χ0n) is 10.6. The molecule has 0 aliphatic carbocycles. The van der Waals surface area contributed by atoms with Gasteiger partial charge in [-0.2, -0.15) is 0 Å². The van der Waals surface area contributed by atoms with Gasteiger partial charge in [0.2, 0.25) is 0 Å². The molecule has 0 atom stereocenters. The Morgan fingerprint density at radius 3 is 2.79 bits per heavy atom. The quantitative estimate of drug-likeness (QED) is 0.786. The van der Waals surface area contributed by atoms with E-state index in [9.17, 15) is 4.79 Å². The summed E-state index contributed by atoms with van der Waals surface area (Å²) in [5, 5.41) is 7.88. The van der Waals surface area contributed by atoms with Crippen LogP contribution in [0.3, 0.4) is 0 Å². The van der Waals surface area contributed by atoms with Gasteiger partial charge in [0.1, 0.15) is 5.69 Å². The highest BCUT2D eigenvalue weighted by atomic mass is 16.5. The summed E-state index contributed by atoms with van der Waals surface area (Å²) in [6, 6.07) is 3.59. The minimum atomic E-state index is -0.509. The van der Waals surface area contributed by atoms with E-state index in [-0.39, 0.29) is 5.69 Å². The van der Waals surface area contributed by atoms with Gasteiger partial charge in [-0.3, -0.25) is 4.98 Å². The van der Waals surface area contributed by atoms with Crippen LogP contribution in [0, 0.1) is 0 Å². The molecule has 2 N–H and O–H groups in total. The first-order valence-electron chi connectivity index (χ1n) is 5.90. The molecule has 2 aromatic rings. The predicted octanol–water partition coefficient (Wildman–Crippen LogP) is 0.475. The number of nitrogens with zero attached hydrogens (tertiary/aromatic N) is 4. The van der Waals surface area contributed by atoms with Gasteiger partial charge < -0.3 is 10.5 Å². The summed E-state index contributed by atoms with van der Waals surface area (Å²) in [6.07, 6.45) is 4.05. The zero-order chi connectivity index (χ0) is 13.7. The van der Waals surface area contributed by atoms with Crippen molar-refractivity contribution in [2.45, 2.75) is 13.0 Å². The Balaban J connectivity index is 2.47. The number of esters is 1. The summed E-state index contributed by atoms with van der Waals surface area (Å²) in [6.45, 7) is 1.14. The minimum absolute atomic E-state index is 0.200. The molecule has 0 aliphatic heterocycles. The van der Waals surface area contributed by atoms with Gasteiger partial charge in [0.15, 0.2) is 5.69 Å². The van der Waals surface area contributed by atoms with E-state index < -0.39 is 5.97 Å². The van der Waals surface area contributed by atoms with Crippen molar-refractivity contribution in [1.82, 2.24) is 20.0 Å². The summed E-state index contributed by atoms with van der Waals surface area (Å²) in [5.41, 5.74) is 7.14. The molecule has 0 radical (unpaired) electrons. The number of aromatic nitrogens is 4. The number of hydrogen-bond acceptors (Lipinski definition) is 6. The fourth-order valence-electron chi connectivity index (χ4n) is 1.74. The van der Waals surface area contributed by atoms with Crippen LogP contribution < -0.4 is 5.73 Å². The molecular weight excluding hydrogens is 246 g/mol. The van der Waals surface area contributed by atoms with Crippen LogP contribution in [0.2, 0.25) is 0 Å². The van der Waals surface area contributed by atoms with Crippen LogP contribution >= 0.6 is 0 Å². The van der Waals surface area contributed by atoms with Crippen molar-refractivity contribution >= 4 is 5.97 Å². The largest absolute Gasteiger partial charge is 0.464 e. The lowest BCUT2D eigenvalue weighted by atomic mass is 10.1. The fourth-order valence-corrected chi connectivity index (χ4v) is 1.74. The lowest BCUT2D eigenvalue weighted by Crippen LogP contribution is -2.09. The average Bonchev–Trinajstić information content (AvgIpc) is 2.89. The van der Waals surface area contributed by atoms with Crippen molar-refractivity contribution in [3.63, 3.8) is 0 Å². The molecule has 0 aromatic carbocycles. The van der Waals surface area contributed by atoms with Gasteiger partial charge >= 0.3 is 5.97 Å². The van der Waals surface area contributed by atoms with Gasteiger partial charge in [0, 0.05) is 24.5 Å². The van der Waals surface area contributed by atoms with Crippen LogP contribution in [-0.4, -0.2) is 39.6 Å². The van der Waals surface area contributed by atoms with E-state index in [1.165, 1.54) is 7.11 Å². The second-order valence-corrected chi connectivity index (χ2v) is 3.88. The second-order valence-electron chi connectivity index (χ2n) is 3.88. The van der Waals surface area contributed by atoms with Crippen molar-refractivity contribution in [1.29, 1.82) is 0 Å². The third-order valence-corrected chi connectivity index (χ3v) is 2.64. The van der Waals surface area contributed by atoms with Crippen LogP contribution in [0.4, 0.5) is 0 Å². The summed E-state index contributed by atoms with van der Waals surface area (Å²) in [5.74, 6) is -0.509. The van der Waals surface area contributed by atoms with Crippen LogP contribution in [0.1, 0.15) is 16.9 Å². The SMILES string of the molecule is COC(=O)c1nnn(CCCN)c1-c1ccncc1. The van der Waals surface area contributed by atoms with Crippen LogP contribution in [-0.2, 0) is 11.3 Å². The Hall–Kier alpha value is -2.28. The van der Waals surface area contributed by atoms with Crippen LogP contribution in [0.5, 0.6) is 0 Å². The molecule has 7 nitrogen and oxygen atoms in total.